The standard InChI is InChI=1S/C11H10ClNO3S/c1-7-5-10(16-13-7)11-8(6-17(14)15)3-2-4-9(11)12/h2-5H,6H2,1H3,(H,14,15)/p-1. The summed E-state index contributed by atoms with van der Waals surface area (Å²) >= 11 is 3.90. The van der Waals surface area contributed by atoms with E-state index in [9.17, 15) is 8.76 Å². The Bertz CT molecular complexity index is 568. The van der Waals surface area contributed by atoms with Crippen molar-refractivity contribution in [2.45, 2.75) is 12.7 Å². The molecule has 0 aliphatic heterocycles. The van der Waals surface area contributed by atoms with Crippen molar-refractivity contribution in [1.29, 1.82) is 0 Å². The molecule has 4 nitrogen and oxygen atoms in total. The van der Waals surface area contributed by atoms with Gasteiger partial charge in [0.2, 0.25) is 0 Å². The smallest absolute Gasteiger partial charge is 0.168 e. The van der Waals surface area contributed by atoms with E-state index in [1.165, 1.54) is 0 Å². The minimum Gasteiger partial charge on any atom is -0.772 e. The van der Waals surface area contributed by atoms with Gasteiger partial charge in [-0.3, -0.25) is 4.21 Å². The number of halogens is 1. The van der Waals surface area contributed by atoms with Gasteiger partial charge in [-0.1, -0.05) is 40.0 Å². The molecule has 0 spiro atoms. The highest BCUT2D eigenvalue weighted by Gasteiger charge is 2.13. The van der Waals surface area contributed by atoms with Crippen LogP contribution in [-0.4, -0.2) is 13.9 Å². The van der Waals surface area contributed by atoms with E-state index in [1.54, 1.807) is 31.2 Å². The summed E-state index contributed by atoms with van der Waals surface area (Å²) in [6.07, 6.45) is 0. The fourth-order valence-corrected chi connectivity index (χ4v) is 2.36. The van der Waals surface area contributed by atoms with E-state index in [0.29, 0.717) is 27.6 Å². The average molecular weight is 271 g/mol. The summed E-state index contributed by atoms with van der Waals surface area (Å²) < 4.78 is 26.7. The van der Waals surface area contributed by atoms with Crippen molar-refractivity contribution in [2.24, 2.45) is 0 Å². The highest BCUT2D eigenvalue weighted by atomic mass is 35.5. The van der Waals surface area contributed by atoms with E-state index in [4.69, 9.17) is 16.1 Å². The largest absolute Gasteiger partial charge is 0.772 e. The van der Waals surface area contributed by atoms with Gasteiger partial charge in [0.15, 0.2) is 5.76 Å². The Kier molecular flexibility index (Phi) is 3.61. The van der Waals surface area contributed by atoms with Crippen LogP contribution in [0.25, 0.3) is 11.3 Å². The van der Waals surface area contributed by atoms with Gasteiger partial charge in [-0.05, 0) is 18.6 Å². The molecule has 1 aromatic carbocycles. The molecule has 0 saturated carbocycles. The van der Waals surface area contributed by atoms with Crippen molar-refractivity contribution in [2.75, 3.05) is 0 Å². The van der Waals surface area contributed by atoms with E-state index >= 15 is 0 Å². The van der Waals surface area contributed by atoms with Gasteiger partial charge in [0.1, 0.15) is 0 Å². The minimum absolute atomic E-state index is 0.102. The molecule has 0 bridgehead atoms. The Morgan fingerprint density at radius 1 is 1.53 bits per heavy atom. The third-order valence-corrected chi connectivity index (χ3v) is 3.11. The zero-order chi connectivity index (χ0) is 12.4. The Morgan fingerprint density at radius 3 is 2.88 bits per heavy atom. The molecule has 0 aliphatic rings. The van der Waals surface area contributed by atoms with Gasteiger partial charge in [0, 0.05) is 17.4 Å². The first-order valence-electron chi connectivity index (χ1n) is 4.85. The van der Waals surface area contributed by atoms with Crippen LogP contribution < -0.4 is 0 Å². The molecule has 1 atom stereocenters. The maximum atomic E-state index is 10.8. The summed E-state index contributed by atoms with van der Waals surface area (Å²) in [5.74, 6) is 0.379. The lowest BCUT2D eigenvalue weighted by molar-refractivity contribution is 0.427. The zero-order valence-corrected chi connectivity index (χ0v) is 10.5. The number of benzene rings is 1. The second-order valence-corrected chi connectivity index (χ2v) is 4.86. The summed E-state index contributed by atoms with van der Waals surface area (Å²) in [5, 5.41) is 4.21. The first-order valence-corrected chi connectivity index (χ1v) is 6.47. The van der Waals surface area contributed by atoms with E-state index in [2.05, 4.69) is 5.16 Å². The van der Waals surface area contributed by atoms with Crippen molar-refractivity contribution < 1.29 is 13.3 Å². The van der Waals surface area contributed by atoms with Gasteiger partial charge >= 0.3 is 0 Å². The molecule has 0 N–H and O–H groups in total. The molecular formula is C11H9ClNO3S-. The topological polar surface area (TPSA) is 66.2 Å². The zero-order valence-electron chi connectivity index (χ0n) is 8.97. The van der Waals surface area contributed by atoms with Crippen molar-refractivity contribution in [3.05, 3.63) is 40.5 Å². The first-order chi connectivity index (χ1) is 8.08. The van der Waals surface area contributed by atoms with Crippen LogP contribution in [0.15, 0.2) is 28.8 Å². The monoisotopic (exact) mass is 270 g/mol. The Labute approximate surface area is 106 Å². The van der Waals surface area contributed by atoms with Gasteiger partial charge in [-0.2, -0.15) is 0 Å². The number of hydrogen-bond donors (Lipinski definition) is 0. The number of nitrogens with zero attached hydrogens (tertiary/aromatic N) is 1. The Hall–Kier alpha value is -1.17. The first kappa shape index (κ1) is 12.3. The molecule has 2 aromatic rings. The fraction of sp³-hybridized carbons (Fsp3) is 0.182. The molecule has 0 fully saturated rings. The van der Waals surface area contributed by atoms with Gasteiger partial charge in [-0.15, -0.1) is 0 Å². The molecule has 17 heavy (non-hydrogen) atoms. The molecule has 1 aromatic heterocycles. The van der Waals surface area contributed by atoms with Crippen LogP contribution in [0.5, 0.6) is 0 Å². The molecule has 0 saturated heterocycles. The van der Waals surface area contributed by atoms with Gasteiger partial charge < -0.3 is 9.08 Å². The molecular weight excluding hydrogens is 262 g/mol. The van der Waals surface area contributed by atoms with Crippen molar-refractivity contribution >= 4 is 22.7 Å². The van der Waals surface area contributed by atoms with Gasteiger partial charge in [-0.25, -0.2) is 0 Å². The normalized spacial score (nSPS) is 12.6. The van der Waals surface area contributed by atoms with Crippen LogP contribution in [0, 0.1) is 6.92 Å². The van der Waals surface area contributed by atoms with E-state index in [0.717, 1.165) is 0 Å². The molecule has 0 aliphatic carbocycles. The van der Waals surface area contributed by atoms with Crippen LogP contribution in [0.1, 0.15) is 11.3 Å². The summed E-state index contributed by atoms with van der Waals surface area (Å²) in [5.41, 5.74) is 1.90. The van der Waals surface area contributed by atoms with Gasteiger partial charge in [0.05, 0.1) is 10.7 Å². The number of aryl methyl sites for hydroxylation is 1. The maximum absolute atomic E-state index is 10.8. The van der Waals surface area contributed by atoms with Gasteiger partial charge in [0.25, 0.3) is 0 Å². The summed E-state index contributed by atoms with van der Waals surface area (Å²) in [6.45, 7) is 1.79. The van der Waals surface area contributed by atoms with Crippen LogP contribution >= 0.6 is 11.6 Å². The van der Waals surface area contributed by atoms with Crippen LogP contribution in [0.4, 0.5) is 0 Å². The highest BCUT2D eigenvalue weighted by Crippen LogP contribution is 2.32. The van der Waals surface area contributed by atoms with Crippen LogP contribution in [0.3, 0.4) is 0 Å². The summed E-state index contributed by atoms with van der Waals surface area (Å²) in [6, 6.07) is 6.82. The second-order valence-electron chi connectivity index (χ2n) is 3.55. The summed E-state index contributed by atoms with van der Waals surface area (Å²) in [7, 11) is 0. The highest BCUT2D eigenvalue weighted by molar-refractivity contribution is 7.78. The minimum atomic E-state index is -2.17. The van der Waals surface area contributed by atoms with Crippen molar-refractivity contribution in [3.63, 3.8) is 0 Å². The van der Waals surface area contributed by atoms with E-state index in [1.807, 2.05) is 0 Å². The maximum Gasteiger partial charge on any atom is 0.168 e. The quantitative estimate of drug-likeness (QED) is 0.804. The molecule has 1 heterocycles. The molecule has 0 radical (unpaired) electrons. The average Bonchev–Trinajstić information content (AvgIpc) is 2.64. The van der Waals surface area contributed by atoms with E-state index in [-0.39, 0.29) is 5.75 Å². The van der Waals surface area contributed by atoms with Crippen LogP contribution in [-0.2, 0) is 16.8 Å². The lowest BCUT2D eigenvalue weighted by atomic mass is 10.1. The second kappa shape index (κ2) is 5.00. The molecule has 2 rings (SSSR count). The lowest BCUT2D eigenvalue weighted by Crippen LogP contribution is -1.96. The predicted octanol–water partition coefficient (Wildman–Crippen LogP) is 2.68. The van der Waals surface area contributed by atoms with E-state index < -0.39 is 11.1 Å². The molecule has 0 amide bonds. The Balaban J connectivity index is 2.54. The van der Waals surface area contributed by atoms with Crippen molar-refractivity contribution in [1.82, 2.24) is 5.16 Å². The molecule has 1 unspecified atom stereocenters. The van der Waals surface area contributed by atoms with Crippen molar-refractivity contribution in [3.8, 4) is 11.3 Å². The summed E-state index contributed by atoms with van der Waals surface area (Å²) in [4.78, 5) is 0. The number of aromatic nitrogens is 1. The van der Waals surface area contributed by atoms with Crippen LogP contribution in [0.2, 0.25) is 5.02 Å². The fourth-order valence-electron chi connectivity index (χ4n) is 1.57. The Morgan fingerprint density at radius 2 is 2.29 bits per heavy atom. The molecule has 90 valence electrons. The third kappa shape index (κ3) is 2.74. The number of hydrogen-bond acceptors (Lipinski definition) is 4. The molecule has 6 heteroatoms. The third-order valence-electron chi connectivity index (χ3n) is 2.25. The predicted molar refractivity (Wildman–Crippen MR) is 64.3 cm³/mol. The lowest BCUT2D eigenvalue weighted by Gasteiger charge is -2.10. The SMILES string of the molecule is Cc1cc(-c2c(Cl)cccc2CS(=O)[O-])on1. The number of rotatable bonds is 3.